The van der Waals surface area contributed by atoms with Gasteiger partial charge >= 0.3 is 11.9 Å². The van der Waals surface area contributed by atoms with Crippen molar-refractivity contribution in [1.82, 2.24) is 10.3 Å². The molecule has 2 aromatic carbocycles. The smallest absolute Gasteiger partial charge is 0.314 e. The van der Waals surface area contributed by atoms with Crippen molar-refractivity contribution in [3.8, 4) is 5.75 Å². The van der Waals surface area contributed by atoms with Crippen molar-refractivity contribution in [3.05, 3.63) is 73.6 Å². The normalized spacial score (nSPS) is 13.7. The second kappa shape index (κ2) is 10.9. The Balaban J connectivity index is 0.000000454. The number of carboxylic acid groups (broad SMARTS) is 2. The number of aliphatic hydroxyl groups is 1. The minimum atomic E-state index is -1.31. The summed E-state index contributed by atoms with van der Waals surface area (Å²) < 4.78 is 0. The van der Waals surface area contributed by atoms with Crippen LogP contribution >= 0.6 is 0 Å². The molecule has 3 aromatic rings. The summed E-state index contributed by atoms with van der Waals surface area (Å²) >= 11 is 0. The number of nitrogens with one attached hydrogen (secondary N) is 2. The lowest BCUT2D eigenvalue weighted by molar-refractivity contribution is -0.147. The number of fused-ring (bicyclic) bond motifs is 2. The maximum absolute atomic E-state index is 11.6. The number of pyridine rings is 1. The van der Waals surface area contributed by atoms with Crippen LogP contribution < -0.4 is 10.9 Å². The van der Waals surface area contributed by atoms with Gasteiger partial charge < -0.3 is 30.7 Å². The number of carbonyl (C=O) groups is 2. The van der Waals surface area contributed by atoms with Crippen LogP contribution in [0.25, 0.3) is 10.9 Å². The maximum Gasteiger partial charge on any atom is 0.314 e. The molecule has 6 N–H and O–H groups in total. The first-order valence-electron chi connectivity index (χ1n) is 11.7. The summed E-state index contributed by atoms with van der Waals surface area (Å²) in [5.41, 5.74) is 9.21. The van der Waals surface area contributed by atoms with Crippen LogP contribution in [-0.4, -0.2) is 49.9 Å². The number of aliphatic carboxylic acids is 2. The van der Waals surface area contributed by atoms with Crippen molar-refractivity contribution in [2.24, 2.45) is 0 Å². The molecular formula is C27H32N2O7. The molecule has 1 aromatic heterocycles. The fraction of sp³-hybridized carbons (Fsp3) is 0.370. The van der Waals surface area contributed by atoms with E-state index in [2.05, 4.69) is 38.0 Å². The molecule has 1 aliphatic rings. The summed E-state index contributed by atoms with van der Waals surface area (Å²) in [4.78, 5) is 33.1. The number of aromatic nitrogens is 1. The number of aromatic hydroxyl groups is 1. The van der Waals surface area contributed by atoms with Gasteiger partial charge in [-0.2, -0.15) is 0 Å². The van der Waals surface area contributed by atoms with Gasteiger partial charge in [0.2, 0.25) is 5.56 Å². The Hall–Kier alpha value is -3.69. The second-order valence-electron chi connectivity index (χ2n) is 9.24. The molecule has 0 unspecified atom stereocenters. The summed E-state index contributed by atoms with van der Waals surface area (Å²) in [5.74, 6) is -2.62. The predicted octanol–water partition coefficient (Wildman–Crippen LogP) is 2.80. The standard InChI is InChI=1S/C24H28N2O3.C3H4O4/c1-12-13(2)15(4)20-10-16(9-19(20)14(12)3)25-11-22(28)17-5-7-21(27)24-18(17)6-8-23(29)26-24;4-2(5)1-3(6)7/h5-8,16,22,25,27-28H,9-11H2,1-4H3,(H,26,29);1H2,(H,4,5)(H,6,7)/t22-;/m1./s1. The summed E-state index contributed by atoms with van der Waals surface area (Å²) in [6.07, 6.45) is 0.400. The second-order valence-corrected chi connectivity index (χ2v) is 9.24. The quantitative estimate of drug-likeness (QED) is 0.284. The molecule has 9 nitrogen and oxygen atoms in total. The highest BCUT2D eigenvalue weighted by molar-refractivity contribution is 5.89. The molecule has 36 heavy (non-hydrogen) atoms. The summed E-state index contributed by atoms with van der Waals surface area (Å²) in [7, 11) is 0. The van der Waals surface area contributed by atoms with Crippen LogP contribution in [0, 0.1) is 27.7 Å². The molecule has 4 rings (SSSR count). The van der Waals surface area contributed by atoms with Gasteiger partial charge in [0.25, 0.3) is 0 Å². The van der Waals surface area contributed by atoms with Gasteiger partial charge in [0, 0.05) is 24.0 Å². The van der Waals surface area contributed by atoms with E-state index >= 15 is 0 Å². The minimum absolute atomic E-state index is 0.00421. The molecule has 0 bridgehead atoms. The van der Waals surface area contributed by atoms with E-state index in [1.54, 1.807) is 12.1 Å². The summed E-state index contributed by atoms with van der Waals surface area (Å²) in [6.45, 7) is 9.22. The van der Waals surface area contributed by atoms with Crippen molar-refractivity contribution in [1.29, 1.82) is 0 Å². The van der Waals surface area contributed by atoms with Gasteiger partial charge in [-0.1, -0.05) is 6.07 Å². The largest absolute Gasteiger partial charge is 0.506 e. The molecule has 1 aliphatic carbocycles. The maximum atomic E-state index is 11.6. The van der Waals surface area contributed by atoms with E-state index in [0.29, 0.717) is 29.1 Å². The number of aromatic amines is 1. The fourth-order valence-electron chi connectivity index (χ4n) is 4.80. The molecule has 1 heterocycles. The van der Waals surface area contributed by atoms with Crippen molar-refractivity contribution < 1.29 is 30.0 Å². The first-order valence-corrected chi connectivity index (χ1v) is 11.7. The van der Waals surface area contributed by atoms with Crippen molar-refractivity contribution in [3.63, 3.8) is 0 Å². The van der Waals surface area contributed by atoms with Crippen LogP contribution in [-0.2, 0) is 22.4 Å². The van der Waals surface area contributed by atoms with Crippen molar-refractivity contribution in [2.75, 3.05) is 6.54 Å². The third-order valence-electron chi connectivity index (χ3n) is 7.03. The van der Waals surface area contributed by atoms with Crippen molar-refractivity contribution in [2.45, 2.75) is 59.1 Å². The van der Waals surface area contributed by atoms with E-state index in [4.69, 9.17) is 10.2 Å². The Bertz CT molecular complexity index is 1330. The SMILES string of the molecule is Cc1c(C)c(C)c2c(c1C)CC(NC[C@@H](O)c1ccc(O)c3[nH]c(=O)ccc13)C2.O=C(O)CC(=O)O. The van der Waals surface area contributed by atoms with Gasteiger partial charge in [0.05, 0.1) is 11.6 Å². The van der Waals surface area contributed by atoms with Crippen LogP contribution in [0.2, 0.25) is 0 Å². The van der Waals surface area contributed by atoms with Crippen LogP contribution in [0.3, 0.4) is 0 Å². The molecule has 0 saturated carbocycles. The van der Waals surface area contributed by atoms with Crippen molar-refractivity contribution >= 4 is 22.8 Å². The lowest BCUT2D eigenvalue weighted by Crippen LogP contribution is -2.33. The number of rotatable bonds is 6. The van der Waals surface area contributed by atoms with E-state index in [-0.39, 0.29) is 11.3 Å². The number of phenols is 1. The van der Waals surface area contributed by atoms with Crippen LogP contribution in [0.4, 0.5) is 0 Å². The molecule has 1 atom stereocenters. The van der Waals surface area contributed by atoms with E-state index in [1.165, 1.54) is 45.5 Å². The lowest BCUT2D eigenvalue weighted by Gasteiger charge is -2.18. The number of carboxylic acids is 2. The number of phenolic OH excluding ortho intramolecular Hbond substituents is 1. The third-order valence-corrected chi connectivity index (χ3v) is 7.03. The average Bonchev–Trinajstić information content (AvgIpc) is 3.24. The zero-order valence-corrected chi connectivity index (χ0v) is 20.8. The highest BCUT2D eigenvalue weighted by Gasteiger charge is 2.27. The average molecular weight is 497 g/mol. The van der Waals surface area contributed by atoms with E-state index in [1.807, 2.05) is 0 Å². The third kappa shape index (κ3) is 5.75. The predicted molar refractivity (Wildman–Crippen MR) is 136 cm³/mol. The molecule has 0 fully saturated rings. The number of benzene rings is 2. The van der Waals surface area contributed by atoms with Gasteiger partial charge in [0.15, 0.2) is 0 Å². The monoisotopic (exact) mass is 496 g/mol. The topological polar surface area (TPSA) is 160 Å². The highest BCUT2D eigenvalue weighted by atomic mass is 16.4. The molecule has 0 radical (unpaired) electrons. The van der Waals surface area contributed by atoms with Crippen LogP contribution in [0.15, 0.2) is 29.1 Å². The van der Waals surface area contributed by atoms with Gasteiger partial charge in [0.1, 0.15) is 12.2 Å². The Kier molecular flexibility index (Phi) is 8.17. The number of hydrogen-bond donors (Lipinski definition) is 6. The van der Waals surface area contributed by atoms with Gasteiger partial charge in [-0.25, -0.2) is 0 Å². The Morgan fingerprint density at radius 3 is 2.00 bits per heavy atom. The lowest BCUT2D eigenvalue weighted by atomic mass is 9.90. The number of H-pyrrole nitrogens is 1. The van der Waals surface area contributed by atoms with E-state index < -0.39 is 24.5 Å². The zero-order valence-electron chi connectivity index (χ0n) is 20.8. The number of aliphatic hydroxyl groups excluding tert-OH is 1. The molecule has 0 spiro atoms. The molecule has 0 amide bonds. The fourth-order valence-corrected chi connectivity index (χ4v) is 4.80. The van der Waals surface area contributed by atoms with E-state index in [9.17, 15) is 24.6 Å². The first kappa shape index (κ1) is 26.9. The molecule has 0 aliphatic heterocycles. The van der Waals surface area contributed by atoms with Gasteiger partial charge in [-0.3, -0.25) is 14.4 Å². The molecule has 0 saturated heterocycles. The Morgan fingerprint density at radius 1 is 0.944 bits per heavy atom. The van der Waals surface area contributed by atoms with Crippen LogP contribution in [0.5, 0.6) is 5.75 Å². The first-order chi connectivity index (χ1) is 16.9. The van der Waals surface area contributed by atoms with Gasteiger partial charge in [-0.05, 0) is 91.6 Å². The Morgan fingerprint density at radius 2 is 1.50 bits per heavy atom. The molecular weight excluding hydrogens is 464 g/mol. The van der Waals surface area contributed by atoms with Gasteiger partial charge in [-0.15, -0.1) is 0 Å². The van der Waals surface area contributed by atoms with E-state index in [0.717, 1.165) is 12.8 Å². The summed E-state index contributed by atoms with van der Waals surface area (Å²) in [6, 6.07) is 6.58. The molecule has 192 valence electrons. The highest BCUT2D eigenvalue weighted by Crippen LogP contribution is 2.34. The van der Waals surface area contributed by atoms with Crippen LogP contribution in [0.1, 0.15) is 51.5 Å². The zero-order chi connectivity index (χ0) is 26.7. The molecule has 9 heteroatoms. The Labute approximate surface area is 208 Å². The minimum Gasteiger partial charge on any atom is -0.506 e. The number of hydrogen-bond acceptors (Lipinski definition) is 6. The summed E-state index contributed by atoms with van der Waals surface area (Å²) in [5, 5.41) is 40.4.